The molecular weight excluding hydrogens is 536 g/mol. The lowest BCUT2D eigenvalue weighted by Gasteiger charge is -2.15. The van der Waals surface area contributed by atoms with Crippen LogP contribution in [0.2, 0.25) is 0 Å². The van der Waals surface area contributed by atoms with E-state index in [-0.39, 0.29) is 27.9 Å². The molecule has 0 unspecified atom stereocenters. The molecule has 0 aliphatic heterocycles. The van der Waals surface area contributed by atoms with Gasteiger partial charge in [0.2, 0.25) is 0 Å². The van der Waals surface area contributed by atoms with Crippen molar-refractivity contribution >= 4 is 50.5 Å². The molecule has 2 amide bonds. The van der Waals surface area contributed by atoms with Crippen LogP contribution in [-0.2, 0) is 19.4 Å². The molecule has 208 valence electrons. The molecule has 0 bridgehead atoms. The standard InChI is InChI=1S/C31H30N6O3S/c1-2-3-16-37-26(32)21(18-22-27(37)34-24-15-9-10-17-36(24)31(22)40)28(38)35-30-25(20-13-7-8-14-23(20)41-30)29(39)33-19-11-5-4-6-12-19/h4-6,9-12,15,17-18,32H,2-3,7-8,13-14,16H2,1H3,(H,33,39)(H,35,38). The molecule has 0 radical (unpaired) electrons. The predicted molar refractivity (Wildman–Crippen MR) is 161 cm³/mol. The molecule has 6 rings (SSSR count). The van der Waals surface area contributed by atoms with E-state index in [4.69, 9.17) is 5.41 Å². The maximum absolute atomic E-state index is 13.8. The molecule has 10 heteroatoms. The third-order valence-electron chi connectivity index (χ3n) is 7.46. The van der Waals surface area contributed by atoms with Gasteiger partial charge in [-0.2, -0.15) is 0 Å². The van der Waals surface area contributed by atoms with Gasteiger partial charge in [-0.3, -0.25) is 24.2 Å². The zero-order chi connectivity index (χ0) is 28.5. The Kier molecular flexibility index (Phi) is 7.23. The van der Waals surface area contributed by atoms with Gasteiger partial charge in [0.15, 0.2) is 0 Å². The van der Waals surface area contributed by atoms with Gasteiger partial charge in [0.25, 0.3) is 17.4 Å². The first-order valence-corrected chi connectivity index (χ1v) is 14.7. The predicted octanol–water partition coefficient (Wildman–Crippen LogP) is 5.37. The molecule has 41 heavy (non-hydrogen) atoms. The van der Waals surface area contributed by atoms with Gasteiger partial charge in [-0.05, 0) is 68.0 Å². The second-order valence-corrected chi connectivity index (χ2v) is 11.3. The van der Waals surface area contributed by atoms with Gasteiger partial charge in [0.05, 0.1) is 16.5 Å². The monoisotopic (exact) mass is 566 g/mol. The quantitative estimate of drug-likeness (QED) is 0.229. The summed E-state index contributed by atoms with van der Waals surface area (Å²) in [7, 11) is 0. The van der Waals surface area contributed by atoms with Crippen molar-refractivity contribution in [2.75, 3.05) is 10.6 Å². The topological polar surface area (TPSA) is 121 Å². The molecule has 4 heterocycles. The van der Waals surface area contributed by atoms with Crippen LogP contribution < -0.4 is 21.7 Å². The number of amides is 2. The fraction of sp³-hybridized carbons (Fsp3) is 0.258. The molecule has 0 saturated heterocycles. The van der Waals surface area contributed by atoms with E-state index in [2.05, 4.69) is 15.6 Å². The number of hydrogen-bond acceptors (Lipinski definition) is 6. The average molecular weight is 567 g/mol. The van der Waals surface area contributed by atoms with Crippen LogP contribution in [0.15, 0.2) is 65.6 Å². The number of nitrogens with one attached hydrogen (secondary N) is 3. The molecule has 3 N–H and O–H groups in total. The third kappa shape index (κ3) is 4.95. The number of benzene rings is 1. The van der Waals surface area contributed by atoms with Crippen LogP contribution in [0.5, 0.6) is 0 Å². The van der Waals surface area contributed by atoms with Gasteiger partial charge in [0.1, 0.15) is 21.8 Å². The van der Waals surface area contributed by atoms with Crippen molar-refractivity contribution in [3.8, 4) is 0 Å². The molecule has 0 saturated carbocycles. The van der Waals surface area contributed by atoms with Gasteiger partial charge in [-0.15, -0.1) is 11.3 Å². The van der Waals surface area contributed by atoms with E-state index in [0.29, 0.717) is 34.1 Å². The Bertz CT molecular complexity index is 1920. The maximum atomic E-state index is 13.8. The molecule has 0 fully saturated rings. The number of hydrogen-bond donors (Lipinski definition) is 3. The fourth-order valence-electron chi connectivity index (χ4n) is 5.37. The largest absolute Gasteiger partial charge is 0.322 e. The van der Waals surface area contributed by atoms with E-state index in [1.807, 2.05) is 37.3 Å². The van der Waals surface area contributed by atoms with Crippen molar-refractivity contribution in [3.05, 3.63) is 98.2 Å². The Balaban J connectivity index is 1.44. The summed E-state index contributed by atoms with van der Waals surface area (Å²) in [5, 5.41) is 15.6. The summed E-state index contributed by atoms with van der Waals surface area (Å²) in [6, 6.07) is 16.0. The maximum Gasteiger partial charge on any atom is 0.267 e. The van der Waals surface area contributed by atoms with E-state index in [9.17, 15) is 14.4 Å². The summed E-state index contributed by atoms with van der Waals surface area (Å²) in [6.07, 6.45) is 6.91. The van der Waals surface area contributed by atoms with Crippen LogP contribution in [0.25, 0.3) is 16.7 Å². The fourth-order valence-corrected chi connectivity index (χ4v) is 6.66. The molecule has 1 aromatic carbocycles. The van der Waals surface area contributed by atoms with Crippen LogP contribution in [0.3, 0.4) is 0 Å². The summed E-state index contributed by atoms with van der Waals surface area (Å²) in [5.41, 5.74) is 2.71. The number of aromatic nitrogens is 3. The number of rotatable bonds is 7. The van der Waals surface area contributed by atoms with Crippen molar-refractivity contribution in [3.63, 3.8) is 0 Å². The smallest absolute Gasteiger partial charge is 0.267 e. The zero-order valence-corrected chi connectivity index (χ0v) is 23.5. The highest BCUT2D eigenvalue weighted by Crippen LogP contribution is 2.38. The van der Waals surface area contributed by atoms with Crippen LogP contribution in [0.4, 0.5) is 10.7 Å². The zero-order valence-electron chi connectivity index (χ0n) is 22.7. The van der Waals surface area contributed by atoms with Gasteiger partial charge in [0, 0.05) is 23.3 Å². The number of anilines is 2. The van der Waals surface area contributed by atoms with E-state index in [1.165, 1.54) is 21.8 Å². The second-order valence-electron chi connectivity index (χ2n) is 10.2. The summed E-state index contributed by atoms with van der Waals surface area (Å²) < 4.78 is 3.09. The summed E-state index contributed by atoms with van der Waals surface area (Å²) in [4.78, 5) is 46.6. The SMILES string of the molecule is CCCCn1c(=N)c(C(=O)Nc2sc3c(c2C(=O)Nc2ccccc2)CCCC3)cc2c(=O)n3ccccc3nc21. The van der Waals surface area contributed by atoms with E-state index in [0.717, 1.165) is 49.0 Å². The number of fused-ring (bicyclic) bond motifs is 3. The number of para-hydroxylation sites is 1. The van der Waals surface area contributed by atoms with Crippen LogP contribution >= 0.6 is 11.3 Å². The van der Waals surface area contributed by atoms with Crippen molar-refractivity contribution in [1.82, 2.24) is 14.0 Å². The van der Waals surface area contributed by atoms with Crippen molar-refractivity contribution < 1.29 is 9.59 Å². The van der Waals surface area contributed by atoms with Gasteiger partial charge in [-0.25, -0.2) is 4.98 Å². The minimum absolute atomic E-state index is 0.0211. The number of thiophene rings is 1. The lowest BCUT2D eigenvalue weighted by molar-refractivity contribution is 0.102. The summed E-state index contributed by atoms with van der Waals surface area (Å²) in [5.74, 6) is -0.811. The molecule has 5 aromatic rings. The molecule has 4 aromatic heterocycles. The van der Waals surface area contributed by atoms with E-state index >= 15 is 0 Å². The van der Waals surface area contributed by atoms with E-state index in [1.54, 1.807) is 29.0 Å². The lowest BCUT2D eigenvalue weighted by atomic mass is 9.95. The lowest BCUT2D eigenvalue weighted by Crippen LogP contribution is -2.32. The summed E-state index contributed by atoms with van der Waals surface area (Å²) >= 11 is 1.42. The molecule has 1 aliphatic rings. The Morgan fingerprint density at radius 1 is 1.02 bits per heavy atom. The highest BCUT2D eigenvalue weighted by Gasteiger charge is 2.27. The van der Waals surface area contributed by atoms with Gasteiger partial charge < -0.3 is 15.2 Å². The van der Waals surface area contributed by atoms with Crippen molar-refractivity contribution in [2.45, 2.75) is 52.0 Å². The number of carbonyl (C=O) groups is 2. The van der Waals surface area contributed by atoms with Crippen molar-refractivity contribution in [1.29, 1.82) is 5.41 Å². The Labute approximate surface area is 240 Å². The number of nitrogens with zero attached hydrogens (tertiary/aromatic N) is 3. The van der Waals surface area contributed by atoms with Gasteiger partial charge in [-0.1, -0.05) is 37.6 Å². The van der Waals surface area contributed by atoms with Crippen LogP contribution in [0, 0.1) is 5.41 Å². The number of pyridine rings is 2. The first kappa shape index (κ1) is 26.6. The first-order chi connectivity index (χ1) is 20.0. The molecule has 0 spiro atoms. The molecular formula is C31H30N6O3S. The Hall–Kier alpha value is -4.57. The first-order valence-electron chi connectivity index (χ1n) is 13.9. The molecule has 0 atom stereocenters. The highest BCUT2D eigenvalue weighted by atomic mass is 32.1. The molecule has 9 nitrogen and oxygen atoms in total. The number of unbranched alkanes of at least 4 members (excludes halogenated alkanes) is 1. The normalized spacial score (nSPS) is 12.8. The van der Waals surface area contributed by atoms with E-state index < -0.39 is 5.91 Å². The van der Waals surface area contributed by atoms with Crippen LogP contribution in [-0.4, -0.2) is 25.8 Å². The minimum atomic E-state index is -0.535. The van der Waals surface area contributed by atoms with Crippen molar-refractivity contribution in [2.24, 2.45) is 0 Å². The number of carbonyl (C=O) groups excluding carboxylic acids is 2. The molecule has 1 aliphatic carbocycles. The summed E-state index contributed by atoms with van der Waals surface area (Å²) in [6.45, 7) is 2.49. The average Bonchev–Trinajstić information content (AvgIpc) is 3.35. The Morgan fingerprint density at radius 2 is 1.80 bits per heavy atom. The number of aryl methyl sites for hydroxylation is 2. The Morgan fingerprint density at radius 3 is 2.61 bits per heavy atom. The third-order valence-corrected chi connectivity index (χ3v) is 8.66. The van der Waals surface area contributed by atoms with Crippen LogP contribution in [0.1, 0.15) is 63.8 Å². The second kappa shape index (κ2) is 11.1. The van der Waals surface area contributed by atoms with Gasteiger partial charge >= 0.3 is 0 Å². The minimum Gasteiger partial charge on any atom is -0.322 e. The highest BCUT2D eigenvalue weighted by molar-refractivity contribution is 7.17.